The van der Waals surface area contributed by atoms with Gasteiger partial charge in [0.25, 0.3) is 0 Å². The molecule has 4 rings (SSSR count). The number of hydrogen-bond donors (Lipinski definition) is 2. The molecule has 1 aromatic heterocycles. The number of allylic oxidation sites excluding steroid dienone is 1. The van der Waals surface area contributed by atoms with Gasteiger partial charge >= 0.3 is 11.9 Å². The summed E-state index contributed by atoms with van der Waals surface area (Å²) < 4.78 is 0. The minimum absolute atomic E-state index is 0.235. The van der Waals surface area contributed by atoms with Crippen LogP contribution in [-0.4, -0.2) is 27.1 Å². The number of aromatic nitrogens is 1. The van der Waals surface area contributed by atoms with E-state index < -0.39 is 11.9 Å². The van der Waals surface area contributed by atoms with E-state index in [-0.39, 0.29) is 5.56 Å². The molecule has 0 atom stereocenters. The van der Waals surface area contributed by atoms with Gasteiger partial charge in [-0.3, -0.25) is 0 Å². The summed E-state index contributed by atoms with van der Waals surface area (Å²) in [5.41, 5.74) is 4.60. The molecule has 1 aliphatic carbocycles. The smallest absolute Gasteiger partial charge is 0.336 e. The average molecular weight is 359 g/mol. The highest BCUT2D eigenvalue weighted by atomic mass is 16.4. The number of benzene rings is 2. The summed E-state index contributed by atoms with van der Waals surface area (Å²) in [5, 5.41) is 19.5. The number of para-hydroxylation sites is 1. The predicted octanol–water partition coefficient (Wildman–Crippen LogP) is 4.51. The second-order valence-electron chi connectivity index (χ2n) is 6.59. The Morgan fingerprint density at radius 3 is 2.37 bits per heavy atom. The normalized spacial score (nSPS) is 14.9. The SMILES string of the molecule is O=C(O)c1ccc(/C=C2/CCCc3c2nc2ccccc2c3C(=O)O)cc1. The van der Waals surface area contributed by atoms with E-state index in [2.05, 4.69) is 0 Å². The fourth-order valence-electron chi connectivity index (χ4n) is 3.64. The Morgan fingerprint density at radius 1 is 0.926 bits per heavy atom. The van der Waals surface area contributed by atoms with Crippen LogP contribution in [0.4, 0.5) is 0 Å². The molecule has 0 bridgehead atoms. The number of hydrogen-bond acceptors (Lipinski definition) is 3. The van der Waals surface area contributed by atoms with Crippen LogP contribution in [0.3, 0.4) is 0 Å². The molecular formula is C22H17NO4. The van der Waals surface area contributed by atoms with Crippen LogP contribution < -0.4 is 0 Å². The van der Waals surface area contributed by atoms with Crippen molar-refractivity contribution in [3.63, 3.8) is 0 Å². The maximum absolute atomic E-state index is 12.0. The van der Waals surface area contributed by atoms with Gasteiger partial charge in [-0.1, -0.05) is 30.3 Å². The Balaban J connectivity index is 1.88. The molecule has 2 aromatic carbocycles. The molecule has 2 N–H and O–H groups in total. The Bertz CT molecular complexity index is 1100. The molecule has 1 heterocycles. The lowest BCUT2D eigenvalue weighted by molar-refractivity contribution is 0.0686. The quantitative estimate of drug-likeness (QED) is 0.718. The number of rotatable bonds is 3. The van der Waals surface area contributed by atoms with Crippen molar-refractivity contribution in [2.24, 2.45) is 0 Å². The molecule has 0 unspecified atom stereocenters. The van der Waals surface area contributed by atoms with E-state index in [0.717, 1.165) is 35.2 Å². The van der Waals surface area contributed by atoms with Crippen molar-refractivity contribution in [3.8, 4) is 0 Å². The topological polar surface area (TPSA) is 87.5 Å². The van der Waals surface area contributed by atoms with E-state index in [4.69, 9.17) is 10.1 Å². The van der Waals surface area contributed by atoms with Gasteiger partial charge in [0.1, 0.15) is 0 Å². The molecule has 134 valence electrons. The Labute approximate surface area is 155 Å². The molecule has 5 nitrogen and oxygen atoms in total. The van der Waals surface area contributed by atoms with E-state index in [9.17, 15) is 14.7 Å². The number of carboxylic acid groups (broad SMARTS) is 2. The number of aromatic carboxylic acids is 2. The maximum atomic E-state index is 12.0. The van der Waals surface area contributed by atoms with Gasteiger partial charge in [-0.25, -0.2) is 14.6 Å². The van der Waals surface area contributed by atoms with Crippen LogP contribution in [0.5, 0.6) is 0 Å². The first-order valence-corrected chi connectivity index (χ1v) is 8.74. The highest BCUT2D eigenvalue weighted by Crippen LogP contribution is 2.36. The molecule has 0 spiro atoms. The molecule has 27 heavy (non-hydrogen) atoms. The van der Waals surface area contributed by atoms with E-state index in [1.807, 2.05) is 24.3 Å². The standard InChI is InChI=1S/C22H17NO4/c24-21(25)14-10-8-13(9-11-14)12-15-4-3-6-17-19(22(26)27)16-5-1-2-7-18(16)23-20(15)17/h1-2,5,7-12H,3-4,6H2,(H,24,25)(H,26,27)/b15-12-. The van der Waals surface area contributed by atoms with Gasteiger partial charge in [0.15, 0.2) is 0 Å². The molecule has 0 radical (unpaired) electrons. The zero-order valence-corrected chi connectivity index (χ0v) is 14.5. The van der Waals surface area contributed by atoms with Crippen molar-refractivity contribution in [3.05, 3.63) is 76.5 Å². The van der Waals surface area contributed by atoms with Gasteiger partial charge in [-0.15, -0.1) is 0 Å². The largest absolute Gasteiger partial charge is 0.478 e. The van der Waals surface area contributed by atoms with Crippen molar-refractivity contribution >= 4 is 34.5 Å². The summed E-state index contributed by atoms with van der Waals surface area (Å²) >= 11 is 0. The second kappa shape index (κ2) is 6.68. The summed E-state index contributed by atoms with van der Waals surface area (Å²) in [6, 6.07) is 13.9. The van der Waals surface area contributed by atoms with Gasteiger partial charge in [0.05, 0.1) is 22.3 Å². The minimum Gasteiger partial charge on any atom is -0.478 e. The van der Waals surface area contributed by atoms with Crippen molar-refractivity contribution in [1.29, 1.82) is 0 Å². The molecule has 0 fully saturated rings. The van der Waals surface area contributed by atoms with E-state index in [1.54, 1.807) is 30.3 Å². The van der Waals surface area contributed by atoms with Crippen LogP contribution in [-0.2, 0) is 6.42 Å². The van der Waals surface area contributed by atoms with Crippen LogP contribution in [0, 0.1) is 0 Å². The van der Waals surface area contributed by atoms with E-state index >= 15 is 0 Å². The lowest BCUT2D eigenvalue weighted by atomic mass is 9.86. The van der Waals surface area contributed by atoms with E-state index in [1.165, 1.54) is 0 Å². The molecule has 3 aromatic rings. The van der Waals surface area contributed by atoms with Crippen LogP contribution in [0.1, 0.15) is 50.4 Å². The molecule has 1 aliphatic rings. The predicted molar refractivity (Wildman–Crippen MR) is 103 cm³/mol. The molecule has 0 amide bonds. The summed E-state index contributed by atoms with van der Waals surface area (Å²) in [5.74, 6) is -1.90. The first kappa shape index (κ1) is 17.0. The molecule has 0 aliphatic heterocycles. The Hall–Kier alpha value is -3.47. The number of carboxylic acids is 2. The number of pyridine rings is 1. The number of fused-ring (bicyclic) bond motifs is 2. The summed E-state index contributed by atoms with van der Waals surface area (Å²) in [7, 11) is 0. The molecule has 0 saturated carbocycles. The fourth-order valence-corrected chi connectivity index (χ4v) is 3.64. The van der Waals surface area contributed by atoms with Gasteiger partial charge in [0.2, 0.25) is 0 Å². The molecule has 5 heteroatoms. The van der Waals surface area contributed by atoms with Crippen LogP contribution >= 0.6 is 0 Å². The van der Waals surface area contributed by atoms with E-state index in [0.29, 0.717) is 22.9 Å². The van der Waals surface area contributed by atoms with Gasteiger partial charge in [-0.2, -0.15) is 0 Å². The molecular weight excluding hydrogens is 342 g/mol. The highest BCUT2D eigenvalue weighted by Gasteiger charge is 2.24. The molecule has 0 saturated heterocycles. The first-order valence-electron chi connectivity index (χ1n) is 8.74. The van der Waals surface area contributed by atoms with Gasteiger partial charge in [0, 0.05) is 5.39 Å². The summed E-state index contributed by atoms with van der Waals surface area (Å²) in [4.78, 5) is 27.7. The van der Waals surface area contributed by atoms with Crippen LogP contribution in [0.15, 0.2) is 48.5 Å². The third-order valence-corrected chi connectivity index (χ3v) is 4.88. The van der Waals surface area contributed by atoms with Crippen molar-refractivity contribution < 1.29 is 19.8 Å². The second-order valence-corrected chi connectivity index (χ2v) is 6.59. The summed E-state index contributed by atoms with van der Waals surface area (Å²) in [6.45, 7) is 0. The zero-order valence-electron chi connectivity index (χ0n) is 14.5. The highest BCUT2D eigenvalue weighted by molar-refractivity contribution is 6.05. The van der Waals surface area contributed by atoms with Crippen molar-refractivity contribution in [2.75, 3.05) is 0 Å². The third-order valence-electron chi connectivity index (χ3n) is 4.88. The van der Waals surface area contributed by atoms with Crippen molar-refractivity contribution in [1.82, 2.24) is 4.98 Å². The Morgan fingerprint density at radius 2 is 1.67 bits per heavy atom. The zero-order chi connectivity index (χ0) is 19.0. The monoisotopic (exact) mass is 359 g/mol. The van der Waals surface area contributed by atoms with Crippen LogP contribution in [0.25, 0.3) is 22.6 Å². The number of nitrogens with zero attached hydrogens (tertiary/aromatic N) is 1. The lowest BCUT2D eigenvalue weighted by Crippen LogP contribution is -2.13. The summed E-state index contributed by atoms with van der Waals surface area (Å²) in [6.07, 6.45) is 4.31. The Kier molecular flexibility index (Phi) is 4.20. The third kappa shape index (κ3) is 3.08. The first-order chi connectivity index (χ1) is 13.0. The van der Waals surface area contributed by atoms with Gasteiger partial charge in [-0.05, 0) is 60.2 Å². The maximum Gasteiger partial charge on any atom is 0.336 e. The fraction of sp³-hybridized carbons (Fsp3) is 0.136. The van der Waals surface area contributed by atoms with Crippen molar-refractivity contribution in [2.45, 2.75) is 19.3 Å². The number of carbonyl (C=O) groups is 2. The van der Waals surface area contributed by atoms with Gasteiger partial charge < -0.3 is 10.2 Å². The minimum atomic E-state index is -0.962. The van der Waals surface area contributed by atoms with Crippen LogP contribution in [0.2, 0.25) is 0 Å². The average Bonchev–Trinajstić information content (AvgIpc) is 2.66. The lowest BCUT2D eigenvalue weighted by Gasteiger charge is -2.21.